The maximum atomic E-state index is 14.3. The van der Waals surface area contributed by atoms with Crippen LogP contribution in [0, 0.1) is 19.7 Å². The molecule has 5 rings (SSSR count). The largest absolute Gasteiger partial charge is 0.474 e. The third-order valence-corrected chi connectivity index (χ3v) is 6.70. The number of piperidine rings is 1. The van der Waals surface area contributed by atoms with Gasteiger partial charge < -0.3 is 19.5 Å². The van der Waals surface area contributed by atoms with Crippen LogP contribution in [0.25, 0.3) is 0 Å². The average Bonchev–Trinajstić information content (AvgIpc) is 2.74. The minimum atomic E-state index is -0.343. The number of ether oxygens (including phenoxy) is 3. The number of benzene rings is 1. The highest BCUT2D eigenvalue weighted by Crippen LogP contribution is 2.34. The van der Waals surface area contributed by atoms with Crippen molar-refractivity contribution in [2.24, 2.45) is 0 Å². The summed E-state index contributed by atoms with van der Waals surface area (Å²) in [4.78, 5) is 23.2. The van der Waals surface area contributed by atoms with Crippen molar-refractivity contribution >= 4 is 17.6 Å². The summed E-state index contributed by atoms with van der Waals surface area (Å²) in [5.74, 6) is 0.603. The van der Waals surface area contributed by atoms with Gasteiger partial charge in [-0.25, -0.2) is 19.2 Å². The summed E-state index contributed by atoms with van der Waals surface area (Å²) in [5.41, 5.74) is 1.89. The Morgan fingerprint density at radius 2 is 1.91 bits per heavy atom. The molecule has 3 fully saturated rings. The van der Waals surface area contributed by atoms with Gasteiger partial charge in [0.25, 0.3) is 0 Å². The lowest BCUT2D eigenvalue weighted by molar-refractivity contribution is -0.0984. The maximum Gasteiger partial charge on any atom is 0.410 e. The van der Waals surface area contributed by atoms with E-state index in [1.54, 1.807) is 6.07 Å². The van der Waals surface area contributed by atoms with Crippen LogP contribution in [0.1, 0.15) is 43.2 Å². The monoisotopic (exact) mass is 456 g/mol. The van der Waals surface area contributed by atoms with Crippen molar-refractivity contribution < 1.29 is 23.4 Å². The standard InChI is InChI=1S/C24H29FN4O4/c1-14-6-7-21(20(25)8-14)28-22-15(2)23(27-13-26-22)32-19-9-16-11-31-12-17(10-19)29(16)24(30)33-18-4-3-5-18/h6-8,13,16-19H,3-5,9-12H2,1-2H3,(H,26,27,28). The van der Waals surface area contributed by atoms with Gasteiger partial charge in [-0.1, -0.05) is 6.07 Å². The molecule has 0 spiro atoms. The van der Waals surface area contributed by atoms with E-state index >= 15 is 0 Å². The lowest BCUT2D eigenvalue weighted by Gasteiger charge is -2.47. The molecule has 9 heteroatoms. The second kappa shape index (κ2) is 9.13. The zero-order chi connectivity index (χ0) is 22.9. The van der Waals surface area contributed by atoms with Gasteiger partial charge in [0.1, 0.15) is 30.2 Å². The van der Waals surface area contributed by atoms with Crippen LogP contribution in [-0.4, -0.2) is 58.5 Å². The number of anilines is 2. The second-order valence-corrected chi connectivity index (χ2v) is 9.16. The van der Waals surface area contributed by atoms with Crippen LogP contribution in [0.15, 0.2) is 24.5 Å². The number of nitrogens with one attached hydrogen (secondary N) is 1. The van der Waals surface area contributed by atoms with Crippen molar-refractivity contribution in [2.75, 3.05) is 18.5 Å². The molecule has 2 saturated heterocycles. The normalized spacial score (nSPS) is 24.7. The molecule has 176 valence electrons. The molecule has 2 bridgehead atoms. The molecule has 33 heavy (non-hydrogen) atoms. The molecule has 3 heterocycles. The first kappa shape index (κ1) is 21.9. The predicted molar refractivity (Wildman–Crippen MR) is 119 cm³/mol. The van der Waals surface area contributed by atoms with Crippen molar-refractivity contribution in [3.63, 3.8) is 0 Å². The summed E-state index contributed by atoms with van der Waals surface area (Å²) < 4.78 is 31.9. The Kier molecular flexibility index (Phi) is 6.05. The number of nitrogens with zero attached hydrogens (tertiary/aromatic N) is 3. The van der Waals surface area contributed by atoms with Crippen molar-refractivity contribution in [3.05, 3.63) is 41.5 Å². The van der Waals surface area contributed by atoms with E-state index in [-0.39, 0.29) is 36.2 Å². The molecule has 1 N–H and O–H groups in total. The van der Waals surface area contributed by atoms with Gasteiger partial charge in [0.2, 0.25) is 5.88 Å². The number of amides is 1. The number of aryl methyl sites for hydroxylation is 1. The Labute approximate surface area is 192 Å². The molecule has 2 aliphatic heterocycles. The van der Waals surface area contributed by atoms with Crippen LogP contribution in [0.5, 0.6) is 5.88 Å². The summed E-state index contributed by atoms with van der Waals surface area (Å²) in [6.07, 6.45) is 5.40. The van der Waals surface area contributed by atoms with Crippen LogP contribution in [0.2, 0.25) is 0 Å². The predicted octanol–water partition coefficient (Wildman–Crippen LogP) is 4.28. The zero-order valence-corrected chi connectivity index (χ0v) is 18.9. The van der Waals surface area contributed by atoms with Gasteiger partial charge in [-0.2, -0.15) is 0 Å². The van der Waals surface area contributed by atoms with Crippen LogP contribution in [0.3, 0.4) is 0 Å². The van der Waals surface area contributed by atoms with Crippen molar-refractivity contribution in [3.8, 4) is 5.88 Å². The van der Waals surface area contributed by atoms with Crippen LogP contribution >= 0.6 is 0 Å². The van der Waals surface area contributed by atoms with Crippen molar-refractivity contribution in [1.82, 2.24) is 14.9 Å². The van der Waals surface area contributed by atoms with Crippen LogP contribution < -0.4 is 10.1 Å². The first-order chi connectivity index (χ1) is 16.0. The molecule has 2 aromatic rings. The third-order valence-electron chi connectivity index (χ3n) is 6.70. The minimum absolute atomic E-state index is 0.0565. The third kappa shape index (κ3) is 4.59. The first-order valence-electron chi connectivity index (χ1n) is 11.6. The summed E-state index contributed by atoms with van der Waals surface area (Å²) in [5, 5.41) is 3.04. The van der Waals surface area contributed by atoms with Crippen molar-refractivity contribution in [1.29, 1.82) is 0 Å². The topological polar surface area (TPSA) is 85.8 Å². The van der Waals surface area contributed by atoms with E-state index in [1.165, 1.54) is 12.4 Å². The molecule has 2 unspecified atom stereocenters. The number of hydrogen-bond acceptors (Lipinski definition) is 7. The smallest absolute Gasteiger partial charge is 0.410 e. The Morgan fingerprint density at radius 3 is 2.58 bits per heavy atom. The Hall–Kier alpha value is -2.94. The molecule has 1 aromatic heterocycles. The summed E-state index contributed by atoms with van der Waals surface area (Å²) in [6.45, 7) is 4.63. The zero-order valence-electron chi connectivity index (χ0n) is 18.9. The Bertz CT molecular complexity index is 1020. The van der Waals surface area contributed by atoms with E-state index in [9.17, 15) is 9.18 Å². The SMILES string of the molecule is Cc1ccc(Nc2ncnc(OC3CC4COCC(C3)N4C(=O)OC3CCC3)c2C)c(F)c1. The fourth-order valence-corrected chi connectivity index (χ4v) is 4.64. The van der Waals surface area contributed by atoms with Gasteiger partial charge >= 0.3 is 6.09 Å². The Morgan fingerprint density at radius 1 is 1.15 bits per heavy atom. The number of carbonyl (C=O) groups excluding carboxylic acids is 1. The van der Waals surface area contributed by atoms with E-state index in [0.717, 1.165) is 24.8 Å². The van der Waals surface area contributed by atoms with E-state index in [4.69, 9.17) is 14.2 Å². The van der Waals surface area contributed by atoms with E-state index in [0.29, 0.717) is 49.0 Å². The molecule has 1 aliphatic carbocycles. The lowest BCUT2D eigenvalue weighted by Crippen LogP contribution is -2.61. The highest BCUT2D eigenvalue weighted by Gasteiger charge is 2.44. The molecule has 8 nitrogen and oxygen atoms in total. The van der Waals surface area contributed by atoms with Gasteiger partial charge in [0, 0.05) is 12.8 Å². The lowest BCUT2D eigenvalue weighted by atomic mass is 9.92. The second-order valence-electron chi connectivity index (χ2n) is 9.16. The quantitative estimate of drug-likeness (QED) is 0.719. The first-order valence-corrected chi connectivity index (χ1v) is 11.6. The van der Waals surface area contributed by atoms with E-state index in [2.05, 4.69) is 15.3 Å². The van der Waals surface area contributed by atoms with Gasteiger partial charge in [-0.3, -0.25) is 4.90 Å². The fourth-order valence-electron chi connectivity index (χ4n) is 4.64. The number of halogens is 1. The van der Waals surface area contributed by atoms with E-state index < -0.39 is 0 Å². The average molecular weight is 457 g/mol. The number of aromatic nitrogens is 2. The van der Waals surface area contributed by atoms with Gasteiger partial charge in [0.05, 0.1) is 36.5 Å². The fraction of sp³-hybridized carbons (Fsp3) is 0.542. The molecule has 3 aliphatic rings. The van der Waals surface area contributed by atoms with Crippen LogP contribution in [-0.2, 0) is 9.47 Å². The number of hydrogen-bond donors (Lipinski definition) is 1. The molecule has 1 saturated carbocycles. The molecule has 1 aromatic carbocycles. The Balaban J connectivity index is 1.27. The molecule has 1 amide bonds. The highest BCUT2D eigenvalue weighted by atomic mass is 19.1. The molecule has 0 radical (unpaired) electrons. The number of morpholine rings is 1. The minimum Gasteiger partial charge on any atom is -0.474 e. The van der Waals surface area contributed by atoms with Crippen molar-refractivity contribution in [2.45, 2.75) is 70.2 Å². The highest BCUT2D eigenvalue weighted by molar-refractivity contribution is 5.69. The molecule has 2 atom stereocenters. The number of rotatable bonds is 5. The van der Waals surface area contributed by atoms with E-state index in [1.807, 2.05) is 24.8 Å². The summed E-state index contributed by atoms with van der Waals surface area (Å²) in [6, 6.07) is 4.82. The summed E-state index contributed by atoms with van der Waals surface area (Å²) in [7, 11) is 0. The van der Waals surface area contributed by atoms with Gasteiger partial charge in [-0.05, 0) is 50.8 Å². The number of fused-ring (bicyclic) bond motifs is 2. The van der Waals surface area contributed by atoms with Crippen LogP contribution in [0.4, 0.5) is 20.7 Å². The van der Waals surface area contributed by atoms with Gasteiger partial charge in [0.15, 0.2) is 0 Å². The molecular weight excluding hydrogens is 427 g/mol. The number of carbonyl (C=O) groups is 1. The molecular formula is C24H29FN4O4. The maximum absolute atomic E-state index is 14.3. The van der Waals surface area contributed by atoms with Gasteiger partial charge in [-0.15, -0.1) is 0 Å². The summed E-state index contributed by atoms with van der Waals surface area (Å²) >= 11 is 0.